The lowest BCUT2D eigenvalue weighted by Crippen LogP contribution is -2.15. The smallest absolute Gasteiger partial charge is 0.336 e. The van der Waals surface area contributed by atoms with Crippen molar-refractivity contribution in [2.45, 2.75) is 20.0 Å². The van der Waals surface area contributed by atoms with E-state index >= 15 is 0 Å². The fourth-order valence-corrected chi connectivity index (χ4v) is 2.81. The number of nitrogens with zero attached hydrogens (tertiary/aromatic N) is 3. The molecule has 0 bridgehead atoms. The number of aromatic nitrogens is 3. The van der Waals surface area contributed by atoms with Gasteiger partial charge in [0.05, 0.1) is 25.5 Å². The molecule has 0 saturated heterocycles. The van der Waals surface area contributed by atoms with Gasteiger partial charge in [-0.05, 0) is 50.2 Å². The molecular weight excluding hydrogens is 384 g/mol. The highest BCUT2D eigenvalue weighted by molar-refractivity contribution is 5.61. The lowest BCUT2D eigenvalue weighted by Gasteiger charge is -2.10. The SMILES string of the molecule is CCOCCOc1nc(-c2cccc(OC)c2)n(-c2ccc(NCC(C)O)cc2)n1. The van der Waals surface area contributed by atoms with Gasteiger partial charge in [-0.3, -0.25) is 0 Å². The first kappa shape index (κ1) is 21.6. The van der Waals surface area contributed by atoms with Gasteiger partial charge in [-0.1, -0.05) is 12.1 Å². The summed E-state index contributed by atoms with van der Waals surface area (Å²) in [6.07, 6.45) is -0.420. The van der Waals surface area contributed by atoms with Crippen LogP contribution in [0.1, 0.15) is 13.8 Å². The van der Waals surface area contributed by atoms with Crippen LogP contribution in [0.25, 0.3) is 17.1 Å². The Morgan fingerprint density at radius 3 is 2.63 bits per heavy atom. The minimum atomic E-state index is -0.420. The number of aliphatic hydroxyl groups excluding tert-OH is 1. The molecule has 1 heterocycles. The van der Waals surface area contributed by atoms with E-state index in [4.69, 9.17) is 14.2 Å². The first-order valence-corrected chi connectivity index (χ1v) is 9.95. The Kier molecular flexibility index (Phi) is 7.64. The van der Waals surface area contributed by atoms with Crippen LogP contribution in [0.2, 0.25) is 0 Å². The fraction of sp³-hybridized carbons (Fsp3) is 0.364. The first-order valence-electron chi connectivity index (χ1n) is 9.95. The fourth-order valence-electron chi connectivity index (χ4n) is 2.81. The van der Waals surface area contributed by atoms with Crippen LogP contribution >= 0.6 is 0 Å². The van der Waals surface area contributed by atoms with E-state index in [0.717, 1.165) is 22.7 Å². The Hall–Kier alpha value is -3.10. The number of nitrogens with one attached hydrogen (secondary N) is 1. The average Bonchev–Trinajstić information content (AvgIpc) is 3.20. The number of anilines is 1. The molecule has 0 amide bonds. The number of rotatable bonds is 11. The summed E-state index contributed by atoms with van der Waals surface area (Å²) < 4.78 is 18.1. The third-order valence-corrected chi connectivity index (χ3v) is 4.29. The van der Waals surface area contributed by atoms with E-state index in [-0.39, 0.29) is 6.01 Å². The highest BCUT2D eigenvalue weighted by atomic mass is 16.5. The molecule has 30 heavy (non-hydrogen) atoms. The van der Waals surface area contributed by atoms with Crippen molar-refractivity contribution >= 4 is 5.69 Å². The van der Waals surface area contributed by atoms with E-state index in [2.05, 4.69) is 15.4 Å². The van der Waals surface area contributed by atoms with E-state index in [1.165, 1.54) is 0 Å². The van der Waals surface area contributed by atoms with Crippen LogP contribution in [-0.2, 0) is 4.74 Å². The van der Waals surface area contributed by atoms with Gasteiger partial charge in [0.2, 0.25) is 0 Å². The molecule has 0 saturated carbocycles. The van der Waals surface area contributed by atoms with Gasteiger partial charge < -0.3 is 24.6 Å². The summed E-state index contributed by atoms with van der Waals surface area (Å²) in [6.45, 7) is 5.64. The van der Waals surface area contributed by atoms with Crippen LogP contribution < -0.4 is 14.8 Å². The molecule has 0 aliphatic rings. The molecule has 1 aromatic heterocycles. The second-order valence-electron chi connectivity index (χ2n) is 6.68. The quantitative estimate of drug-likeness (QED) is 0.468. The standard InChI is InChI=1S/C22H28N4O4/c1-4-29-12-13-30-22-24-21(17-6-5-7-20(14-17)28-3)26(25-22)19-10-8-18(9-11-19)23-15-16(2)27/h5-11,14,16,23,27H,4,12-13,15H2,1-3H3. The maximum absolute atomic E-state index is 9.44. The zero-order valence-corrected chi connectivity index (χ0v) is 17.5. The zero-order chi connectivity index (χ0) is 21.3. The van der Waals surface area contributed by atoms with Crippen LogP contribution in [-0.4, -0.2) is 59.5 Å². The molecule has 3 rings (SSSR count). The number of ether oxygens (including phenoxy) is 3. The first-order chi connectivity index (χ1) is 14.6. The van der Waals surface area contributed by atoms with E-state index < -0.39 is 6.10 Å². The molecule has 0 radical (unpaired) electrons. The maximum Gasteiger partial charge on any atom is 0.336 e. The Morgan fingerprint density at radius 2 is 1.93 bits per heavy atom. The highest BCUT2D eigenvalue weighted by Crippen LogP contribution is 2.27. The van der Waals surface area contributed by atoms with Gasteiger partial charge in [0.15, 0.2) is 5.82 Å². The van der Waals surface area contributed by atoms with Crippen molar-refractivity contribution in [2.24, 2.45) is 0 Å². The molecular formula is C22H28N4O4. The molecule has 8 nitrogen and oxygen atoms in total. The van der Waals surface area contributed by atoms with Crippen molar-refractivity contribution in [3.05, 3.63) is 48.5 Å². The molecule has 2 aromatic carbocycles. The summed E-state index contributed by atoms with van der Waals surface area (Å²) in [5.41, 5.74) is 2.61. The minimum absolute atomic E-state index is 0.281. The van der Waals surface area contributed by atoms with Gasteiger partial charge >= 0.3 is 6.01 Å². The normalized spacial score (nSPS) is 11.9. The van der Waals surface area contributed by atoms with Gasteiger partial charge in [0, 0.05) is 24.4 Å². The van der Waals surface area contributed by atoms with Gasteiger partial charge in [-0.15, -0.1) is 5.10 Å². The molecule has 0 aliphatic carbocycles. The van der Waals surface area contributed by atoms with Crippen molar-refractivity contribution in [3.63, 3.8) is 0 Å². The zero-order valence-electron chi connectivity index (χ0n) is 17.5. The molecule has 1 atom stereocenters. The summed E-state index contributed by atoms with van der Waals surface area (Å²) in [5.74, 6) is 1.38. The topological polar surface area (TPSA) is 90.7 Å². The van der Waals surface area contributed by atoms with E-state index in [1.807, 2.05) is 55.5 Å². The van der Waals surface area contributed by atoms with Crippen LogP contribution in [0.15, 0.2) is 48.5 Å². The number of hydrogen-bond acceptors (Lipinski definition) is 7. The van der Waals surface area contributed by atoms with Crippen molar-refractivity contribution in [1.29, 1.82) is 0 Å². The predicted molar refractivity (Wildman–Crippen MR) is 116 cm³/mol. The lowest BCUT2D eigenvalue weighted by atomic mass is 10.2. The van der Waals surface area contributed by atoms with Crippen molar-refractivity contribution in [3.8, 4) is 28.8 Å². The summed E-state index contributed by atoms with van der Waals surface area (Å²) in [4.78, 5) is 4.58. The summed E-state index contributed by atoms with van der Waals surface area (Å²) >= 11 is 0. The van der Waals surface area contributed by atoms with Crippen molar-refractivity contribution in [1.82, 2.24) is 14.8 Å². The largest absolute Gasteiger partial charge is 0.497 e. The number of aliphatic hydroxyl groups is 1. The minimum Gasteiger partial charge on any atom is -0.497 e. The average molecular weight is 412 g/mol. The third-order valence-electron chi connectivity index (χ3n) is 4.29. The molecule has 1 unspecified atom stereocenters. The van der Waals surface area contributed by atoms with Gasteiger partial charge in [-0.2, -0.15) is 4.98 Å². The monoisotopic (exact) mass is 412 g/mol. The molecule has 0 spiro atoms. The summed E-state index contributed by atoms with van der Waals surface area (Å²) in [6, 6.07) is 15.7. The van der Waals surface area contributed by atoms with Crippen molar-refractivity contribution in [2.75, 3.05) is 38.8 Å². The summed E-state index contributed by atoms with van der Waals surface area (Å²) in [5, 5.41) is 17.2. The Labute approximate surface area is 176 Å². The Bertz CT molecular complexity index is 925. The Balaban J connectivity index is 1.89. The molecule has 0 fully saturated rings. The summed E-state index contributed by atoms with van der Waals surface area (Å²) in [7, 11) is 1.63. The third kappa shape index (κ3) is 5.71. The van der Waals surface area contributed by atoms with Crippen LogP contribution in [0.5, 0.6) is 11.8 Å². The van der Waals surface area contributed by atoms with Crippen LogP contribution in [0.4, 0.5) is 5.69 Å². The van der Waals surface area contributed by atoms with Gasteiger partial charge in [0.1, 0.15) is 12.4 Å². The van der Waals surface area contributed by atoms with Crippen LogP contribution in [0, 0.1) is 0 Å². The molecule has 160 valence electrons. The molecule has 8 heteroatoms. The van der Waals surface area contributed by atoms with E-state index in [9.17, 15) is 5.11 Å². The Morgan fingerprint density at radius 1 is 1.13 bits per heavy atom. The molecule has 0 aliphatic heterocycles. The van der Waals surface area contributed by atoms with Gasteiger partial charge in [0.25, 0.3) is 0 Å². The number of benzene rings is 2. The lowest BCUT2D eigenvalue weighted by molar-refractivity contribution is 0.106. The molecule has 3 aromatic rings. The van der Waals surface area contributed by atoms with Crippen LogP contribution in [0.3, 0.4) is 0 Å². The highest BCUT2D eigenvalue weighted by Gasteiger charge is 2.15. The second-order valence-corrected chi connectivity index (χ2v) is 6.68. The van der Waals surface area contributed by atoms with Crippen molar-refractivity contribution < 1.29 is 19.3 Å². The second kappa shape index (κ2) is 10.6. The predicted octanol–water partition coefficient (Wildman–Crippen LogP) is 3.15. The molecule has 2 N–H and O–H groups in total. The number of methoxy groups -OCH3 is 1. The maximum atomic E-state index is 9.44. The number of hydrogen-bond donors (Lipinski definition) is 2. The van der Waals surface area contributed by atoms with Gasteiger partial charge in [-0.25, -0.2) is 4.68 Å². The van der Waals surface area contributed by atoms with E-state index in [1.54, 1.807) is 18.7 Å². The van der Waals surface area contributed by atoms with E-state index in [0.29, 0.717) is 32.2 Å².